The van der Waals surface area contributed by atoms with E-state index in [4.69, 9.17) is 4.52 Å². The van der Waals surface area contributed by atoms with E-state index >= 15 is 0 Å². The Kier molecular flexibility index (Phi) is 4.57. The van der Waals surface area contributed by atoms with Crippen molar-refractivity contribution < 1.29 is 9.32 Å². The van der Waals surface area contributed by atoms with Gasteiger partial charge in [-0.05, 0) is 47.4 Å². The summed E-state index contributed by atoms with van der Waals surface area (Å²) in [5.74, 6) is 0.508. The molecule has 2 aromatic carbocycles. The van der Waals surface area contributed by atoms with Gasteiger partial charge >= 0.3 is 0 Å². The number of carbonyl (C=O) groups excluding carboxylic acids is 1. The number of benzene rings is 2. The van der Waals surface area contributed by atoms with Crippen LogP contribution in [0.5, 0.6) is 0 Å². The minimum absolute atomic E-state index is 0.0711. The summed E-state index contributed by atoms with van der Waals surface area (Å²) in [5.41, 5.74) is 3.50. The molecule has 3 aromatic rings. The Balaban J connectivity index is 1.64. The van der Waals surface area contributed by atoms with Gasteiger partial charge in [0.2, 0.25) is 0 Å². The number of aromatic nitrogens is 1. The van der Waals surface area contributed by atoms with E-state index in [1.807, 2.05) is 48.5 Å². The molecule has 3 rings (SSSR count). The average molecular weight is 335 g/mol. The van der Waals surface area contributed by atoms with Crippen LogP contribution in [-0.2, 0) is 5.41 Å². The van der Waals surface area contributed by atoms with Crippen LogP contribution in [0, 0.1) is 0 Å². The van der Waals surface area contributed by atoms with Crippen LogP contribution in [0.4, 0.5) is 17.2 Å². The van der Waals surface area contributed by atoms with Gasteiger partial charge in [-0.1, -0.05) is 38.1 Å². The van der Waals surface area contributed by atoms with Gasteiger partial charge in [-0.3, -0.25) is 4.79 Å². The smallest absolute Gasteiger partial charge is 0.255 e. The lowest BCUT2D eigenvalue weighted by Crippen LogP contribution is -2.14. The van der Waals surface area contributed by atoms with Crippen LogP contribution < -0.4 is 10.6 Å². The largest absolute Gasteiger partial charge is 0.363 e. The second kappa shape index (κ2) is 6.81. The zero-order valence-electron chi connectivity index (χ0n) is 14.5. The molecule has 0 aliphatic carbocycles. The molecule has 0 fully saturated rings. The highest BCUT2D eigenvalue weighted by atomic mass is 16.5. The summed E-state index contributed by atoms with van der Waals surface area (Å²) in [7, 11) is 0. The maximum atomic E-state index is 12.4. The predicted octanol–water partition coefficient (Wildman–Crippen LogP) is 4.97. The van der Waals surface area contributed by atoms with Crippen LogP contribution in [0.3, 0.4) is 0 Å². The Hall–Kier alpha value is -3.08. The van der Waals surface area contributed by atoms with Gasteiger partial charge in [0.05, 0.1) is 0 Å². The monoisotopic (exact) mass is 335 g/mol. The molecule has 128 valence electrons. The van der Waals surface area contributed by atoms with E-state index < -0.39 is 0 Å². The van der Waals surface area contributed by atoms with Gasteiger partial charge in [0.15, 0.2) is 5.82 Å². The molecule has 25 heavy (non-hydrogen) atoms. The Morgan fingerprint density at radius 3 is 2.12 bits per heavy atom. The van der Waals surface area contributed by atoms with Gasteiger partial charge in [0.25, 0.3) is 5.91 Å². The van der Waals surface area contributed by atoms with E-state index in [-0.39, 0.29) is 11.3 Å². The van der Waals surface area contributed by atoms with Gasteiger partial charge in [-0.15, -0.1) is 0 Å². The molecule has 0 saturated carbocycles. The third-order valence-electron chi connectivity index (χ3n) is 3.87. The molecule has 1 heterocycles. The fraction of sp³-hybridized carbons (Fsp3) is 0.200. The van der Waals surface area contributed by atoms with Crippen molar-refractivity contribution in [2.45, 2.75) is 26.2 Å². The van der Waals surface area contributed by atoms with Crippen molar-refractivity contribution in [1.29, 1.82) is 0 Å². The summed E-state index contributed by atoms with van der Waals surface area (Å²) in [6.45, 7) is 6.45. The quantitative estimate of drug-likeness (QED) is 0.706. The van der Waals surface area contributed by atoms with E-state index in [1.54, 1.807) is 6.07 Å². The van der Waals surface area contributed by atoms with Gasteiger partial charge < -0.3 is 15.2 Å². The molecule has 0 bridgehead atoms. The van der Waals surface area contributed by atoms with Gasteiger partial charge in [-0.25, -0.2) is 0 Å². The molecule has 0 spiro atoms. The van der Waals surface area contributed by atoms with E-state index in [0.717, 1.165) is 11.4 Å². The molecule has 0 aliphatic heterocycles. The van der Waals surface area contributed by atoms with E-state index in [1.165, 1.54) is 11.8 Å². The standard InChI is InChI=1S/C20H21N3O2/c1-20(2,3)15-6-4-14(5-7-15)19(24)22-17-10-8-16(9-11-17)21-18-12-13-25-23-18/h4-13H,1-3H3,(H,21,23)(H,22,24). The molecule has 0 aliphatic rings. The van der Waals surface area contributed by atoms with Crippen molar-refractivity contribution in [3.8, 4) is 0 Å². The third kappa shape index (κ3) is 4.26. The Morgan fingerprint density at radius 1 is 0.920 bits per heavy atom. The predicted molar refractivity (Wildman–Crippen MR) is 99.3 cm³/mol. The summed E-state index contributed by atoms with van der Waals surface area (Å²) >= 11 is 0. The Bertz CT molecular complexity index is 830. The summed E-state index contributed by atoms with van der Waals surface area (Å²) < 4.78 is 4.77. The number of nitrogens with one attached hydrogen (secondary N) is 2. The van der Waals surface area contributed by atoms with Crippen molar-refractivity contribution in [1.82, 2.24) is 5.16 Å². The first-order chi connectivity index (χ1) is 11.9. The van der Waals surface area contributed by atoms with Crippen molar-refractivity contribution in [2.24, 2.45) is 0 Å². The molecule has 0 radical (unpaired) electrons. The number of hydrogen-bond acceptors (Lipinski definition) is 4. The van der Waals surface area contributed by atoms with Crippen LogP contribution in [0.2, 0.25) is 0 Å². The first kappa shape index (κ1) is 16.8. The van der Waals surface area contributed by atoms with Gasteiger partial charge in [-0.2, -0.15) is 0 Å². The highest BCUT2D eigenvalue weighted by Crippen LogP contribution is 2.23. The molecular weight excluding hydrogens is 314 g/mol. The van der Waals surface area contributed by atoms with Crippen molar-refractivity contribution in [3.05, 3.63) is 72.0 Å². The van der Waals surface area contributed by atoms with Gasteiger partial charge in [0, 0.05) is 23.0 Å². The fourth-order valence-electron chi connectivity index (χ4n) is 2.39. The molecule has 5 heteroatoms. The summed E-state index contributed by atoms with van der Waals surface area (Å²) in [6.07, 6.45) is 1.50. The normalized spacial score (nSPS) is 11.2. The van der Waals surface area contributed by atoms with Crippen LogP contribution in [0.1, 0.15) is 36.7 Å². The highest BCUT2D eigenvalue weighted by Gasteiger charge is 2.14. The Labute approximate surface area is 147 Å². The van der Waals surface area contributed by atoms with Crippen LogP contribution in [0.25, 0.3) is 0 Å². The highest BCUT2D eigenvalue weighted by molar-refractivity contribution is 6.04. The van der Waals surface area contributed by atoms with Gasteiger partial charge in [0.1, 0.15) is 6.26 Å². The average Bonchev–Trinajstić information content (AvgIpc) is 3.09. The number of hydrogen-bond donors (Lipinski definition) is 2. The number of carbonyl (C=O) groups is 1. The molecule has 1 aromatic heterocycles. The van der Waals surface area contributed by atoms with Crippen LogP contribution in [0.15, 0.2) is 65.4 Å². The maximum absolute atomic E-state index is 12.4. The maximum Gasteiger partial charge on any atom is 0.255 e. The van der Waals surface area contributed by atoms with E-state index in [9.17, 15) is 4.79 Å². The van der Waals surface area contributed by atoms with Crippen molar-refractivity contribution in [3.63, 3.8) is 0 Å². The minimum Gasteiger partial charge on any atom is -0.363 e. The minimum atomic E-state index is -0.127. The zero-order valence-corrected chi connectivity index (χ0v) is 14.5. The third-order valence-corrected chi connectivity index (χ3v) is 3.87. The van der Waals surface area contributed by atoms with E-state index in [0.29, 0.717) is 11.4 Å². The lowest BCUT2D eigenvalue weighted by molar-refractivity contribution is 0.102. The second-order valence-electron chi connectivity index (χ2n) is 6.87. The number of anilines is 3. The molecule has 2 N–H and O–H groups in total. The number of nitrogens with zero attached hydrogens (tertiary/aromatic N) is 1. The second-order valence-corrected chi connectivity index (χ2v) is 6.87. The zero-order chi connectivity index (χ0) is 17.9. The first-order valence-electron chi connectivity index (χ1n) is 8.11. The molecule has 0 unspecified atom stereocenters. The topological polar surface area (TPSA) is 67.2 Å². The first-order valence-corrected chi connectivity index (χ1v) is 8.11. The molecule has 0 saturated heterocycles. The lowest BCUT2D eigenvalue weighted by atomic mass is 9.87. The Morgan fingerprint density at radius 2 is 1.56 bits per heavy atom. The van der Waals surface area contributed by atoms with Crippen molar-refractivity contribution in [2.75, 3.05) is 10.6 Å². The summed E-state index contributed by atoms with van der Waals surface area (Å²) in [6, 6.07) is 16.9. The van der Waals surface area contributed by atoms with Crippen LogP contribution in [-0.4, -0.2) is 11.1 Å². The number of rotatable bonds is 4. The summed E-state index contributed by atoms with van der Waals surface area (Å²) in [4.78, 5) is 12.4. The molecule has 1 amide bonds. The lowest BCUT2D eigenvalue weighted by Gasteiger charge is -2.19. The summed E-state index contributed by atoms with van der Waals surface area (Å²) in [5, 5.41) is 9.79. The van der Waals surface area contributed by atoms with Crippen LogP contribution >= 0.6 is 0 Å². The van der Waals surface area contributed by atoms with E-state index in [2.05, 4.69) is 36.6 Å². The molecule has 0 atom stereocenters. The SMILES string of the molecule is CC(C)(C)c1ccc(C(=O)Nc2ccc(Nc3ccon3)cc2)cc1. The number of amides is 1. The van der Waals surface area contributed by atoms with Crippen molar-refractivity contribution >= 4 is 23.1 Å². The molecular formula is C20H21N3O2. The molecule has 5 nitrogen and oxygen atoms in total. The fourth-order valence-corrected chi connectivity index (χ4v) is 2.39.